The lowest BCUT2D eigenvalue weighted by Crippen LogP contribution is -2.32. The van der Waals surface area contributed by atoms with Gasteiger partial charge in [0.05, 0.1) is 5.69 Å². The molecule has 0 aliphatic heterocycles. The predicted octanol–water partition coefficient (Wildman–Crippen LogP) is 4.86. The number of para-hydroxylation sites is 1. The van der Waals surface area contributed by atoms with E-state index in [1.54, 1.807) is 0 Å². The molecular formula is C18H20BrNO2. The van der Waals surface area contributed by atoms with E-state index in [9.17, 15) is 4.79 Å². The summed E-state index contributed by atoms with van der Waals surface area (Å²) in [5.74, 6) is 0.584. The number of anilines is 1. The lowest BCUT2D eigenvalue weighted by Gasteiger charge is -2.18. The van der Waals surface area contributed by atoms with E-state index < -0.39 is 6.10 Å². The predicted molar refractivity (Wildman–Crippen MR) is 93.4 cm³/mol. The van der Waals surface area contributed by atoms with Gasteiger partial charge in [-0.05, 0) is 71.6 Å². The molecule has 0 bridgehead atoms. The molecule has 0 saturated heterocycles. The van der Waals surface area contributed by atoms with Gasteiger partial charge in [0.15, 0.2) is 6.10 Å². The second kappa shape index (κ2) is 7.45. The number of hydrogen-bond acceptors (Lipinski definition) is 2. The van der Waals surface area contributed by atoms with Crippen molar-refractivity contribution in [3.05, 3.63) is 58.1 Å². The van der Waals surface area contributed by atoms with E-state index in [1.165, 1.54) is 0 Å². The van der Waals surface area contributed by atoms with Gasteiger partial charge in [0.2, 0.25) is 0 Å². The molecule has 0 unspecified atom stereocenters. The Morgan fingerprint density at radius 3 is 2.41 bits per heavy atom. The first-order valence-electron chi connectivity index (χ1n) is 7.30. The number of nitrogens with one attached hydrogen (secondary N) is 1. The van der Waals surface area contributed by atoms with E-state index >= 15 is 0 Å². The van der Waals surface area contributed by atoms with Gasteiger partial charge in [-0.25, -0.2) is 0 Å². The zero-order valence-electron chi connectivity index (χ0n) is 13.0. The fourth-order valence-corrected chi connectivity index (χ4v) is 2.65. The topological polar surface area (TPSA) is 38.3 Å². The van der Waals surface area contributed by atoms with E-state index in [2.05, 4.69) is 27.3 Å². The zero-order valence-corrected chi connectivity index (χ0v) is 14.6. The third-order valence-corrected chi connectivity index (χ3v) is 3.96. The highest BCUT2D eigenvalue weighted by Gasteiger charge is 2.19. The molecule has 0 aromatic heterocycles. The molecule has 1 N–H and O–H groups in total. The number of aryl methyl sites for hydroxylation is 2. The van der Waals surface area contributed by atoms with Crippen LogP contribution >= 0.6 is 15.9 Å². The summed E-state index contributed by atoms with van der Waals surface area (Å²) in [5.41, 5.74) is 2.99. The monoisotopic (exact) mass is 361 g/mol. The molecule has 0 aliphatic rings. The minimum absolute atomic E-state index is 0.145. The summed E-state index contributed by atoms with van der Waals surface area (Å²) in [5, 5.41) is 2.90. The number of hydrogen-bond donors (Lipinski definition) is 1. The number of rotatable bonds is 5. The minimum Gasteiger partial charge on any atom is -0.481 e. The number of halogens is 1. The molecule has 0 fully saturated rings. The summed E-state index contributed by atoms with van der Waals surface area (Å²) in [7, 11) is 0. The van der Waals surface area contributed by atoms with E-state index in [4.69, 9.17) is 4.74 Å². The van der Waals surface area contributed by atoms with Crippen molar-refractivity contribution < 1.29 is 9.53 Å². The molecule has 4 heteroatoms. The van der Waals surface area contributed by atoms with E-state index in [-0.39, 0.29) is 5.91 Å². The Labute approximate surface area is 139 Å². The quantitative estimate of drug-likeness (QED) is 0.825. The van der Waals surface area contributed by atoms with Gasteiger partial charge in [0, 0.05) is 4.47 Å². The maximum Gasteiger partial charge on any atom is 0.265 e. The highest BCUT2D eigenvalue weighted by Crippen LogP contribution is 2.23. The molecule has 2 rings (SSSR count). The molecule has 116 valence electrons. The van der Waals surface area contributed by atoms with Crippen LogP contribution in [0.25, 0.3) is 0 Å². The molecular weight excluding hydrogens is 342 g/mol. The average molecular weight is 362 g/mol. The average Bonchev–Trinajstić information content (AvgIpc) is 2.46. The Morgan fingerprint density at radius 2 is 1.82 bits per heavy atom. The van der Waals surface area contributed by atoms with E-state index in [0.717, 1.165) is 27.0 Å². The van der Waals surface area contributed by atoms with Gasteiger partial charge < -0.3 is 10.1 Å². The Bertz CT molecular complexity index is 650. The van der Waals surface area contributed by atoms with Crippen LogP contribution in [0.2, 0.25) is 0 Å². The smallest absolute Gasteiger partial charge is 0.265 e. The van der Waals surface area contributed by atoms with Gasteiger partial charge in [-0.3, -0.25) is 4.79 Å². The minimum atomic E-state index is -0.520. The molecule has 0 spiro atoms. The highest BCUT2D eigenvalue weighted by molar-refractivity contribution is 9.10. The van der Waals surface area contributed by atoms with Crippen LogP contribution in [0.15, 0.2) is 46.9 Å². The van der Waals surface area contributed by atoms with Gasteiger partial charge in [-0.1, -0.05) is 25.1 Å². The molecule has 22 heavy (non-hydrogen) atoms. The van der Waals surface area contributed by atoms with Crippen LogP contribution < -0.4 is 10.1 Å². The van der Waals surface area contributed by atoms with Crippen LogP contribution in [0, 0.1) is 13.8 Å². The van der Waals surface area contributed by atoms with Gasteiger partial charge in [-0.2, -0.15) is 0 Å². The highest BCUT2D eigenvalue weighted by atomic mass is 79.9. The summed E-state index contributed by atoms with van der Waals surface area (Å²) >= 11 is 3.43. The second-order valence-corrected chi connectivity index (χ2v) is 6.16. The maximum atomic E-state index is 12.4. The number of ether oxygens (including phenoxy) is 1. The summed E-state index contributed by atoms with van der Waals surface area (Å²) in [6, 6.07) is 13.5. The summed E-state index contributed by atoms with van der Waals surface area (Å²) < 4.78 is 6.72. The van der Waals surface area contributed by atoms with E-state index in [0.29, 0.717) is 6.42 Å². The second-order valence-electron chi connectivity index (χ2n) is 5.31. The molecule has 2 aromatic carbocycles. The van der Waals surface area contributed by atoms with Gasteiger partial charge in [0.25, 0.3) is 5.91 Å². The first-order valence-corrected chi connectivity index (χ1v) is 8.09. The molecule has 0 aliphatic carbocycles. The first kappa shape index (κ1) is 16.6. The van der Waals surface area contributed by atoms with Crippen LogP contribution in [0.4, 0.5) is 5.69 Å². The normalized spacial score (nSPS) is 11.8. The number of amides is 1. The third-order valence-electron chi connectivity index (χ3n) is 3.27. The van der Waals surface area contributed by atoms with E-state index in [1.807, 2.05) is 57.2 Å². The molecule has 1 amide bonds. The van der Waals surface area contributed by atoms with Crippen molar-refractivity contribution in [1.82, 2.24) is 0 Å². The first-order chi connectivity index (χ1) is 10.5. The standard InChI is InChI=1S/C18H20BrNO2/c1-4-17(22-14-10-12(2)9-13(3)11-14)18(21)20-16-8-6-5-7-15(16)19/h5-11,17H,4H2,1-3H3,(H,20,21)/t17-/m0/s1. The lowest BCUT2D eigenvalue weighted by atomic mass is 10.1. The number of benzene rings is 2. The maximum absolute atomic E-state index is 12.4. The van der Waals surface area contributed by atoms with Crippen LogP contribution in [-0.4, -0.2) is 12.0 Å². The molecule has 1 atom stereocenters. The Kier molecular flexibility index (Phi) is 5.61. The molecule has 2 aromatic rings. The van der Waals surface area contributed by atoms with Crippen LogP contribution in [0.5, 0.6) is 5.75 Å². The lowest BCUT2D eigenvalue weighted by molar-refractivity contribution is -0.122. The van der Waals surface area contributed by atoms with Crippen molar-refractivity contribution in [2.75, 3.05) is 5.32 Å². The van der Waals surface area contributed by atoms with Gasteiger partial charge in [0.1, 0.15) is 5.75 Å². The Balaban J connectivity index is 2.10. The fraction of sp³-hybridized carbons (Fsp3) is 0.278. The van der Waals surface area contributed by atoms with Crippen molar-refractivity contribution >= 4 is 27.5 Å². The zero-order chi connectivity index (χ0) is 16.1. The van der Waals surface area contributed by atoms with Crippen molar-refractivity contribution in [3.63, 3.8) is 0 Å². The molecule has 0 saturated carbocycles. The summed E-state index contributed by atoms with van der Waals surface area (Å²) in [6.07, 6.45) is 0.0804. The van der Waals surface area contributed by atoms with Crippen molar-refractivity contribution in [2.45, 2.75) is 33.3 Å². The molecule has 3 nitrogen and oxygen atoms in total. The third kappa shape index (κ3) is 4.34. The van der Waals surface area contributed by atoms with Gasteiger partial charge >= 0.3 is 0 Å². The summed E-state index contributed by atoms with van der Waals surface area (Å²) in [6.45, 7) is 5.97. The van der Waals surface area contributed by atoms with Crippen LogP contribution in [0.3, 0.4) is 0 Å². The van der Waals surface area contributed by atoms with Crippen molar-refractivity contribution in [1.29, 1.82) is 0 Å². The Morgan fingerprint density at radius 1 is 1.18 bits per heavy atom. The van der Waals surface area contributed by atoms with Crippen LogP contribution in [-0.2, 0) is 4.79 Å². The largest absolute Gasteiger partial charge is 0.481 e. The van der Waals surface area contributed by atoms with Crippen molar-refractivity contribution in [2.24, 2.45) is 0 Å². The fourth-order valence-electron chi connectivity index (χ4n) is 2.26. The number of carbonyl (C=O) groups is 1. The van der Waals surface area contributed by atoms with Crippen LogP contribution in [0.1, 0.15) is 24.5 Å². The summed E-state index contributed by atoms with van der Waals surface area (Å²) in [4.78, 5) is 12.4. The van der Waals surface area contributed by atoms with Crippen molar-refractivity contribution in [3.8, 4) is 5.75 Å². The van der Waals surface area contributed by atoms with Gasteiger partial charge in [-0.15, -0.1) is 0 Å². The SMILES string of the molecule is CC[C@H](Oc1cc(C)cc(C)c1)C(=O)Nc1ccccc1Br. The molecule has 0 radical (unpaired) electrons. The molecule has 0 heterocycles. The Hall–Kier alpha value is -1.81. The number of carbonyl (C=O) groups excluding carboxylic acids is 1.